The fourth-order valence-electron chi connectivity index (χ4n) is 2.42. The number of carbonyl (C=O) groups is 1. The predicted octanol–water partition coefficient (Wildman–Crippen LogP) is 4.26. The maximum atomic E-state index is 12.8. The molecule has 0 radical (unpaired) electrons. The maximum Gasteiger partial charge on any atom is 0.155 e. The van der Waals surface area contributed by atoms with Crippen LogP contribution in [-0.4, -0.2) is 5.78 Å². The van der Waals surface area contributed by atoms with E-state index in [1.807, 2.05) is 0 Å². The third kappa shape index (κ3) is 3.29. The molecule has 0 amide bonds. The van der Waals surface area contributed by atoms with Crippen molar-refractivity contribution in [2.45, 2.75) is 37.5 Å². The van der Waals surface area contributed by atoms with Crippen LogP contribution in [0.1, 0.15) is 43.0 Å². The van der Waals surface area contributed by atoms with Crippen LogP contribution in [0.2, 0.25) is 0 Å². The SMILES string of the molecule is O=C(CC1CCCC1)C(Cl)c1ccc(F)cc1. The van der Waals surface area contributed by atoms with Crippen LogP contribution >= 0.6 is 11.6 Å². The van der Waals surface area contributed by atoms with Crippen LogP contribution in [-0.2, 0) is 4.79 Å². The van der Waals surface area contributed by atoms with Gasteiger partial charge in [-0.3, -0.25) is 4.79 Å². The molecule has 92 valence electrons. The minimum Gasteiger partial charge on any atom is -0.298 e. The van der Waals surface area contributed by atoms with Gasteiger partial charge in [-0.15, -0.1) is 11.6 Å². The van der Waals surface area contributed by atoms with Gasteiger partial charge in [0.1, 0.15) is 11.2 Å². The van der Waals surface area contributed by atoms with E-state index in [4.69, 9.17) is 11.6 Å². The lowest BCUT2D eigenvalue weighted by Crippen LogP contribution is -2.11. The van der Waals surface area contributed by atoms with Gasteiger partial charge in [-0.1, -0.05) is 37.8 Å². The average Bonchev–Trinajstić information content (AvgIpc) is 2.82. The third-order valence-corrected chi connectivity index (χ3v) is 3.91. The number of benzene rings is 1. The van der Waals surface area contributed by atoms with E-state index in [2.05, 4.69) is 0 Å². The first-order valence-electron chi connectivity index (χ1n) is 6.09. The number of hydrogen-bond acceptors (Lipinski definition) is 1. The minimum absolute atomic E-state index is 0.0603. The van der Waals surface area contributed by atoms with E-state index in [1.54, 1.807) is 12.1 Å². The third-order valence-electron chi connectivity index (χ3n) is 3.41. The molecular formula is C14H16ClFO. The molecule has 2 rings (SSSR count). The van der Waals surface area contributed by atoms with Crippen molar-refractivity contribution in [1.82, 2.24) is 0 Å². The van der Waals surface area contributed by atoms with Crippen molar-refractivity contribution in [3.63, 3.8) is 0 Å². The Kier molecular flexibility index (Phi) is 4.16. The lowest BCUT2D eigenvalue weighted by atomic mass is 9.97. The van der Waals surface area contributed by atoms with Crippen molar-refractivity contribution in [1.29, 1.82) is 0 Å². The number of carbonyl (C=O) groups excluding carboxylic acids is 1. The Morgan fingerprint density at radius 3 is 2.47 bits per heavy atom. The molecule has 1 fully saturated rings. The summed E-state index contributed by atoms with van der Waals surface area (Å²) < 4.78 is 12.8. The molecule has 1 aliphatic rings. The topological polar surface area (TPSA) is 17.1 Å². The second-order valence-corrected chi connectivity index (χ2v) is 5.17. The molecule has 1 aliphatic carbocycles. The van der Waals surface area contributed by atoms with Crippen molar-refractivity contribution in [3.8, 4) is 0 Å². The first-order valence-corrected chi connectivity index (χ1v) is 6.52. The number of hydrogen-bond donors (Lipinski definition) is 0. The lowest BCUT2D eigenvalue weighted by molar-refractivity contribution is -0.119. The summed E-state index contributed by atoms with van der Waals surface area (Å²) in [4.78, 5) is 12.0. The number of ketones is 1. The second-order valence-electron chi connectivity index (χ2n) is 4.74. The van der Waals surface area contributed by atoms with Crippen LogP contribution in [0.5, 0.6) is 0 Å². The van der Waals surface area contributed by atoms with Crippen LogP contribution in [0, 0.1) is 11.7 Å². The summed E-state index contributed by atoms with van der Waals surface area (Å²) in [7, 11) is 0. The monoisotopic (exact) mass is 254 g/mol. The molecular weight excluding hydrogens is 239 g/mol. The predicted molar refractivity (Wildman–Crippen MR) is 66.6 cm³/mol. The highest BCUT2D eigenvalue weighted by Crippen LogP contribution is 2.31. The van der Waals surface area contributed by atoms with Gasteiger partial charge < -0.3 is 0 Å². The van der Waals surface area contributed by atoms with Gasteiger partial charge >= 0.3 is 0 Å². The van der Waals surface area contributed by atoms with E-state index < -0.39 is 5.38 Å². The number of rotatable bonds is 4. The highest BCUT2D eigenvalue weighted by atomic mass is 35.5. The van der Waals surface area contributed by atoms with E-state index in [0.29, 0.717) is 17.9 Å². The normalized spacial score (nSPS) is 18.2. The minimum atomic E-state index is -0.629. The zero-order valence-electron chi connectivity index (χ0n) is 9.66. The van der Waals surface area contributed by atoms with E-state index in [-0.39, 0.29) is 11.6 Å². The molecule has 0 aliphatic heterocycles. The molecule has 0 bridgehead atoms. The number of halogens is 2. The summed E-state index contributed by atoms with van der Waals surface area (Å²) in [6.45, 7) is 0. The molecule has 3 heteroatoms. The fraction of sp³-hybridized carbons (Fsp3) is 0.500. The van der Waals surface area contributed by atoms with Gasteiger partial charge in [0.25, 0.3) is 0 Å². The smallest absolute Gasteiger partial charge is 0.155 e. The van der Waals surface area contributed by atoms with Crippen molar-refractivity contribution in [2.24, 2.45) is 5.92 Å². The molecule has 1 aromatic rings. The summed E-state index contributed by atoms with van der Waals surface area (Å²) in [5.74, 6) is 0.259. The number of Topliss-reactive ketones (excluding diaryl/α,β-unsaturated/α-hetero) is 1. The Morgan fingerprint density at radius 2 is 1.88 bits per heavy atom. The summed E-state index contributed by atoms with van der Waals surface area (Å²) in [5, 5.41) is -0.629. The molecule has 1 nitrogen and oxygen atoms in total. The van der Waals surface area contributed by atoms with Gasteiger partial charge in [0, 0.05) is 6.42 Å². The Balaban J connectivity index is 1.96. The largest absolute Gasteiger partial charge is 0.298 e. The second kappa shape index (κ2) is 5.63. The summed E-state index contributed by atoms with van der Waals surface area (Å²) in [5.41, 5.74) is 0.691. The summed E-state index contributed by atoms with van der Waals surface area (Å²) in [6, 6.07) is 5.85. The van der Waals surface area contributed by atoms with E-state index in [1.165, 1.54) is 25.0 Å². The van der Waals surface area contributed by atoms with Crippen molar-refractivity contribution in [3.05, 3.63) is 35.6 Å². The van der Waals surface area contributed by atoms with Gasteiger partial charge in [0.15, 0.2) is 5.78 Å². The van der Waals surface area contributed by atoms with Crippen LogP contribution in [0.15, 0.2) is 24.3 Å². The summed E-state index contributed by atoms with van der Waals surface area (Å²) in [6.07, 6.45) is 5.28. The molecule has 0 N–H and O–H groups in total. The van der Waals surface area contributed by atoms with Gasteiger partial charge in [-0.2, -0.15) is 0 Å². The maximum absolute atomic E-state index is 12.8. The molecule has 0 aromatic heterocycles. The zero-order chi connectivity index (χ0) is 12.3. The lowest BCUT2D eigenvalue weighted by Gasteiger charge is -2.12. The quantitative estimate of drug-likeness (QED) is 0.734. The molecule has 0 heterocycles. The standard InChI is InChI=1S/C14H16ClFO/c15-14(11-5-7-12(16)8-6-11)13(17)9-10-3-1-2-4-10/h5-8,10,14H,1-4,9H2. The zero-order valence-corrected chi connectivity index (χ0v) is 10.4. The first-order chi connectivity index (χ1) is 8.16. The van der Waals surface area contributed by atoms with Crippen LogP contribution in [0.25, 0.3) is 0 Å². The highest BCUT2D eigenvalue weighted by molar-refractivity contribution is 6.31. The highest BCUT2D eigenvalue weighted by Gasteiger charge is 2.23. The molecule has 0 saturated heterocycles. The molecule has 1 atom stereocenters. The molecule has 0 spiro atoms. The average molecular weight is 255 g/mol. The van der Waals surface area contributed by atoms with Gasteiger partial charge in [0.2, 0.25) is 0 Å². The Hall–Kier alpha value is -0.890. The number of alkyl halides is 1. The van der Waals surface area contributed by atoms with E-state index >= 15 is 0 Å². The molecule has 1 saturated carbocycles. The first kappa shape index (κ1) is 12.6. The van der Waals surface area contributed by atoms with Crippen LogP contribution in [0.4, 0.5) is 4.39 Å². The van der Waals surface area contributed by atoms with Gasteiger partial charge in [-0.05, 0) is 23.6 Å². The Bertz CT molecular complexity index is 382. The van der Waals surface area contributed by atoms with Crippen molar-refractivity contribution in [2.75, 3.05) is 0 Å². The van der Waals surface area contributed by atoms with Gasteiger partial charge in [0.05, 0.1) is 0 Å². The van der Waals surface area contributed by atoms with E-state index in [9.17, 15) is 9.18 Å². The van der Waals surface area contributed by atoms with Crippen LogP contribution < -0.4 is 0 Å². The molecule has 1 aromatic carbocycles. The van der Waals surface area contributed by atoms with Crippen molar-refractivity contribution < 1.29 is 9.18 Å². The molecule has 1 unspecified atom stereocenters. The summed E-state index contributed by atoms with van der Waals surface area (Å²) >= 11 is 6.12. The fourth-order valence-corrected chi connectivity index (χ4v) is 2.65. The Labute approximate surface area is 106 Å². The van der Waals surface area contributed by atoms with Crippen LogP contribution in [0.3, 0.4) is 0 Å². The van der Waals surface area contributed by atoms with Gasteiger partial charge in [-0.25, -0.2) is 4.39 Å². The molecule has 17 heavy (non-hydrogen) atoms. The Morgan fingerprint density at radius 1 is 1.29 bits per heavy atom. The van der Waals surface area contributed by atoms with E-state index in [0.717, 1.165) is 12.8 Å². The van der Waals surface area contributed by atoms with Crippen molar-refractivity contribution >= 4 is 17.4 Å².